The lowest BCUT2D eigenvalue weighted by molar-refractivity contribution is -0.113. The van der Waals surface area contributed by atoms with Gasteiger partial charge in [0.25, 0.3) is 0 Å². The van der Waals surface area contributed by atoms with Gasteiger partial charge in [-0.1, -0.05) is 36.0 Å². The van der Waals surface area contributed by atoms with Crippen LogP contribution in [0.25, 0.3) is 22.3 Å². The van der Waals surface area contributed by atoms with Gasteiger partial charge in [0.1, 0.15) is 5.75 Å². The number of carbonyl (C=O) groups excluding carboxylic acids is 1. The number of H-pyrrole nitrogens is 1. The second-order valence-corrected chi connectivity index (χ2v) is 7.31. The van der Waals surface area contributed by atoms with Crippen LogP contribution in [0.5, 0.6) is 5.75 Å². The largest absolute Gasteiger partial charge is 0.497 e. The molecular weight excluding hydrogens is 386 g/mol. The number of nitrogens with one attached hydrogen (secondary N) is 2. The zero-order chi connectivity index (χ0) is 20.2. The van der Waals surface area contributed by atoms with Crippen molar-refractivity contribution in [2.24, 2.45) is 0 Å². The number of para-hydroxylation sites is 1. The maximum Gasteiger partial charge on any atom is 0.234 e. The third-order valence-corrected chi connectivity index (χ3v) is 5.52. The van der Waals surface area contributed by atoms with Crippen LogP contribution in [0, 0.1) is 0 Å². The predicted octanol–water partition coefficient (Wildman–Crippen LogP) is 4.19. The number of thioether (sulfide) groups is 1. The van der Waals surface area contributed by atoms with Crippen LogP contribution in [-0.4, -0.2) is 38.5 Å². The molecule has 0 radical (unpaired) electrons. The molecule has 29 heavy (non-hydrogen) atoms. The zero-order valence-electron chi connectivity index (χ0n) is 16.2. The van der Waals surface area contributed by atoms with E-state index in [4.69, 9.17) is 4.74 Å². The van der Waals surface area contributed by atoms with E-state index in [0.29, 0.717) is 23.1 Å². The maximum atomic E-state index is 12.4. The number of hydrogen-bond donors (Lipinski definition) is 2. The van der Waals surface area contributed by atoms with E-state index in [-0.39, 0.29) is 11.7 Å². The van der Waals surface area contributed by atoms with Gasteiger partial charge >= 0.3 is 0 Å². The molecule has 0 atom stereocenters. The average Bonchev–Trinajstić information content (AvgIpc) is 3.35. The van der Waals surface area contributed by atoms with Crippen LogP contribution in [-0.2, 0) is 11.3 Å². The summed E-state index contributed by atoms with van der Waals surface area (Å²) >= 11 is 1.37. The second-order valence-electron chi connectivity index (χ2n) is 6.37. The first-order valence-corrected chi connectivity index (χ1v) is 10.2. The molecule has 8 heteroatoms. The molecular formula is C21H21N5O2S. The van der Waals surface area contributed by atoms with Gasteiger partial charge in [-0.05, 0) is 25.1 Å². The number of aromatic nitrogens is 4. The smallest absolute Gasteiger partial charge is 0.234 e. The van der Waals surface area contributed by atoms with Crippen LogP contribution in [0.4, 0.5) is 5.69 Å². The van der Waals surface area contributed by atoms with E-state index in [1.165, 1.54) is 11.8 Å². The second kappa shape index (κ2) is 8.40. The highest BCUT2D eigenvalue weighted by molar-refractivity contribution is 7.99. The van der Waals surface area contributed by atoms with E-state index in [1.54, 1.807) is 13.2 Å². The normalized spacial score (nSPS) is 11.0. The Hall–Kier alpha value is -3.26. The van der Waals surface area contributed by atoms with E-state index in [9.17, 15) is 4.79 Å². The van der Waals surface area contributed by atoms with Gasteiger partial charge in [-0.3, -0.25) is 4.79 Å². The molecule has 2 N–H and O–H groups in total. The molecule has 1 amide bonds. The highest BCUT2D eigenvalue weighted by Crippen LogP contribution is 2.30. The Balaban J connectivity index is 1.49. The van der Waals surface area contributed by atoms with Gasteiger partial charge in [-0.15, -0.1) is 10.2 Å². The van der Waals surface area contributed by atoms with Crippen LogP contribution in [0.2, 0.25) is 0 Å². The number of methoxy groups -OCH3 is 1. The minimum atomic E-state index is -0.109. The first-order valence-electron chi connectivity index (χ1n) is 9.26. The Morgan fingerprint density at radius 1 is 1.21 bits per heavy atom. The Kier molecular flexibility index (Phi) is 5.53. The molecule has 0 unspecified atom stereocenters. The van der Waals surface area contributed by atoms with Crippen molar-refractivity contribution in [1.29, 1.82) is 0 Å². The molecule has 0 saturated carbocycles. The van der Waals surface area contributed by atoms with Crippen molar-refractivity contribution >= 4 is 34.3 Å². The van der Waals surface area contributed by atoms with E-state index in [2.05, 4.69) is 26.6 Å². The molecule has 0 bridgehead atoms. The number of carbonyl (C=O) groups is 1. The summed E-state index contributed by atoms with van der Waals surface area (Å²) in [5.41, 5.74) is 2.76. The lowest BCUT2D eigenvalue weighted by Gasteiger charge is -2.08. The topological polar surface area (TPSA) is 84.8 Å². The third kappa shape index (κ3) is 3.97. The Labute approximate surface area is 172 Å². The van der Waals surface area contributed by atoms with Crippen molar-refractivity contribution in [2.45, 2.75) is 18.6 Å². The monoisotopic (exact) mass is 407 g/mol. The summed E-state index contributed by atoms with van der Waals surface area (Å²) in [5, 5.41) is 13.4. The summed E-state index contributed by atoms with van der Waals surface area (Å²) in [6.07, 6.45) is 1.95. The number of ether oxygens (including phenoxy) is 1. The Bertz CT molecular complexity index is 1150. The molecule has 148 valence electrons. The molecule has 0 spiro atoms. The van der Waals surface area contributed by atoms with E-state index < -0.39 is 0 Å². The third-order valence-electron chi connectivity index (χ3n) is 4.55. The number of anilines is 1. The molecule has 2 heterocycles. The van der Waals surface area contributed by atoms with Crippen molar-refractivity contribution in [2.75, 3.05) is 18.2 Å². The van der Waals surface area contributed by atoms with Crippen LogP contribution in [0.1, 0.15) is 6.92 Å². The molecule has 2 aromatic carbocycles. The summed E-state index contributed by atoms with van der Waals surface area (Å²) in [4.78, 5) is 15.6. The molecule has 4 rings (SSSR count). The molecule has 4 aromatic rings. The van der Waals surface area contributed by atoms with Crippen molar-refractivity contribution in [3.05, 3.63) is 54.7 Å². The number of amides is 1. The van der Waals surface area contributed by atoms with E-state index >= 15 is 0 Å². The molecule has 7 nitrogen and oxygen atoms in total. The van der Waals surface area contributed by atoms with Gasteiger partial charge in [0, 0.05) is 41.0 Å². The van der Waals surface area contributed by atoms with Crippen LogP contribution < -0.4 is 10.1 Å². The minimum absolute atomic E-state index is 0.109. The zero-order valence-corrected chi connectivity index (χ0v) is 17.0. The van der Waals surface area contributed by atoms with E-state index in [1.807, 2.05) is 54.1 Å². The number of rotatable bonds is 7. The standard InChI is InChI=1S/C21H21N5O2S/c1-3-26-20(17-12-22-18-10-5-4-9-16(17)18)24-25-21(26)29-13-19(27)23-14-7-6-8-15(11-14)28-2/h4-12,22H,3,13H2,1-2H3,(H,23,27). The highest BCUT2D eigenvalue weighted by Gasteiger charge is 2.17. The molecule has 2 aromatic heterocycles. The van der Waals surface area contributed by atoms with Crippen LogP contribution >= 0.6 is 11.8 Å². The summed E-state index contributed by atoms with van der Waals surface area (Å²) < 4.78 is 7.21. The first-order chi connectivity index (χ1) is 14.2. The lowest BCUT2D eigenvalue weighted by atomic mass is 10.1. The van der Waals surface area contributed by atoms with Gasteiger partial charge in [0.15, 0.2) is 11.0 Å². The number of benzene rings is 2. The summed E-state index contributed by atoms with van der Waals surface area (Å²) in [6.45, 7) is 2.75. The average molecular weight is 407 g/mol. The molecule has 0 aliphatic rings. The number of hydrogen-bond acceptors (Lipinski definition) is 5. The summed E-state index contributed by atoms with van der Waals surface area (Å²) in [6, 6.07) is 15.4. The summed E-state index contributed by atoms with van der Waals surface area (Å²) in [7, 11) is 1.60. The number of nitrogens with zero attached hydrogens (tertiary/aromatic N) is 3. The van der Waals surface area contributed by atoms with Gasteiger partial charge in [-0.25, -0.2) is 0 Å². The molecule has 0 aliphatic heterocycles. The van der Waals surface area contributed by atoms with Crippen molar-refractivity contribution in [3.8, 4) is 17.1 Å². The van der Waals surface area contributed by atoms with Crippen LogP contribution in [0.15, 0.2) is 59.9 Å². The maximum absolute atomic E-state index is 12.4. The number of aromatic amines is 1. The van der Waals surface area contributed by atoms with Crippen molar-refractivity contribution < 1.29 is 9.53 Å². The van der Waals surface area contributed by atoms with Crippen LogP contribution in [0.3, 0.4) is 0 Å². The minimum Gasteiger partial charge on any atom is -0.497 e. The van der Waals surface area contributed by atoms with Gasteiger partial charge in [0.2, 0.25) is 5.91 Å². The fourth-order valence-electron chi connectivity index (χ4n) is 3.16. The van der Waals surface area contributed by atoms with Crippen molar-refractivity contribution in [1.82, 2.24) is 19.7 Å². The lowest BCUT2D eigenvalue weighted by Crippen LogP contribution is -2.14. The summed E-state index contributed by atoms with van der Waals surface area (Å²) in [5.74, 6) is 1.62. The fraction of sp³-hybridized carbons (Fsp3) is 0.190. The van der Waals surface area contributed by atoms with Gasteiger partial charge in [0.05, 0.1) is 12.9 Å². The van der Waals surface area contributed by atoms with Gasteiger partial charge in [-0.2, -0.15) is 0 Å². The van der Waals surface area contributed by atoms with Gasteiger partial charge < -0.3 is 19.6 Å². The number of fused-ring (bicyclic) bond motifs is 1. The van der Waals surface area contributed by atoms with Crippen molar-refractivity contribution in [3.63, 3.8) is 0 Å². The quantitative estimate of drug-likeness (QED) is 0.449. The molecule has 0 saturated heterocycles. The SMILES string of the molecule is CCn1c(SCC(=O)Nc2cccc(OC)c2)nnc1-c1c[nH]c2ccccc12. The predicted molar refractivity (Wildman–Crippen MR) is 115 cm³/mol. The highest BCUT2D eigenvalue weighted by atomic mass is 32.2. The first kappa shape index (κ1) is 19.1. The van der Waals surface area contributed by atoms with E-state index in [0.717, 1.165) is 22.3 Å². The molecule has 0 fully saturated rings. The molecule has 0 aliphatic carbocycles. The Morgan fingerprint density at radius 3 is 2.90 bits per heavy atom. The Morgan fingerprint density at radius 2 is 2.07 bits per heavy atom. The fourth-order valence-corrected chi connectivity index (χ4v) is 3.97.